The molecule has 1 aromatic rings. The Morgan fingerprint density at radius 1 is 1.48 bits per heavy atom. The summed E-state index contributed by atoms with van der Waals surface area (Å²) in [5, 5.41) is 13.1. The van der Waals surface area contributed by atoms with Crippen molar-refractivity contribution in [2.24, 2.45) is 11.3 Å². The number of nitrogens with zero attached hydrogens (tertiary/aromatic N) is 1. The smallest absolute Gasteiger partial charge is 0.311 e. The Morgan fingerprint density at radius 3 is 2.96 bits per heavy atom. The summed E-state index contributed by atoms with van der Waals surface area (Å²) in [6, 6.07) is 5.39. The van der Waals surface area contributed by atoms with E-state index in [9.17, 15) is 14.7 Å². The highest BCUT2D eigenvalue weighted by atomic mass is 35.5. The average molecular weight is 337 g/mol. The van der Waals surface area contributed by atoms with E-state index in [0.717, 1.165) is 24.8 Å². The van der Waals surface area contributed by atoms with Gasteiger partial charge in [0.05, 0.1) is 12.0 Å². The van der Waals surface area contributed by atoms with Crippen molar-refractivity contribution in [1.29, 1.82) is 0 Å². The van der Waals surface area contributed by atoms with Crippen molar-refractivity contribution in [3.8, 4) is 0 Å². The summed E-state index contributed by atoms with van der Waals surface area (Å²) in [6.07, 6.45) is 2.63. The SMILES string of the molecule is Cc1c(Cl)cccc1NC(=O)CN1C[C@@H]2CCC[C@@]2(C(=O)O)C1. The lowest BCUT2D eigenvalue weighted by molar-refractivity contribution is -0.149. The van der Waals surface area contributed by atoms with Gasteiger partial charge in [-0.25, -0.2) is 0 Å². The highest BCUT2D eigenvalue weighted by Crippen LogP contribution is 2.48. The molecule has 2 aliphatic rings. The van der Waals surface area contributed by atoms with Crippen molar-refractivity contribution < 1.29 is 14.7 Å². The Kier molecular flexibility index (Phi) is 4.34. The molecule has 2 fully saturated rings. The first-order valence-electron chi connectivity index (χ1n) is 7.93. The van der Waals surface area contributed by atoms with Crippen LogP contribution in [0.3, 0.4) is 0 Å². The van der Waals surface area contributed by atoms with Crippen LogP contribution in [0.2, 0.25) is 5.02 Å². The van der Waals surface area contributed by atoms with Gasteiger partial charge in [0.2, 0.25) is 5.91 Å². The minimum atomic E-state index is -0.714. The second-order valence-electron chi connectivity index (χ2n) is 6.68. The molecule has 0 radical (unpaired) electrons. The number of nitrogens with one attached hydrogen (secondary N) is 1. The van der Waals surface area contributed by atoms with E-state index >= 15 is 0 Å². The van der Waals surface area contributed by atoms with Gasteiger partial charge >= 0.3 is 5.97 Å². The van der Waals surface area contributed by atoms with Gasteiger partial charge in [0.25, 0.3) is 0 Å². The molecule has 1 aliphatic heterocycles. The number of anilines is 1. The molecule has 1 aromatic carbocycles. The van der Waals surface area contributed by atoms with E-state index in [1.54, 1.807) is 12.1 Å². The van der Waals surface area contributed by atoms with Crippen LogP contribution in [0.4, 0.5) is 5.69 Å². The van der Waals surface area contributed by atoms with Gasteiger partial charge in [-0.05, 0) is 43.4 Å². The number of aliphatic carboxylic acids is 1. The van der Waals surface area contributed by atoms with Crippen molar-refractivity contribution in [3.63, 3.8) is 0 Å². The summed E-state index contributed by atoms with van der Waals surface area (Å²) in [5.41, 5.74) is 0.893. The number of carbonyl (C=O) groups excluding carboxylic acids is 1. The Bertz CT molecular complexity index is 649. The molecule has 1 aliphatic carbocycles. The molecular weight excluding hydrogens is 316 g/mol. The first-order chi connectivity index (χ1) is 10.9. The molecule has 1 saturated heterocycles. The predicted octanol–water partition coefficient (Wildman–Crippen LogP) is 2.77. The number of hydrogen-bond donors (Lipinski definition) is 2. The lowest BCUT2D eigenvalue weighted by Crippen LogP contribution is -2.37. The van der Waals surface area contributed by atoms with E-state index in [-0.39, 0.29) is 18.4 Å². The molecule has 0 bridgehead atoms. The molecule has 1 saturated carbocycles. The fraction of sp³-hybridized carbons (Fsp3) is 0.529. The molecule has 1 amide bonds. The zero-order valence-electron chi connectivity index (χ0n) is 13.1. The third kappa shape index (κ3) is 2.95. The van der Waals surface area contributed by atoms with Crippen LogP contribution in [0.5, 0.6) is 0 Å². The largest absolute Gasteiger partial charge is 0.481 e. The summed E-state index contributed by atoms with van der Waals surface area (Å²) in [4.78, 5) is 25.9. The number of rotatable bonds is 4. The minimum absolute atomic E-state index is 0.129. The highest BCUT2D eigenvalue weighted by Gasteiger charge is 2.54. The molecule has 6 heteroatoms. The van der Waals surface area contributed by atoms with Gasteiger partial charge in [-0.2, -0.15) is 0 Å². The molecule has 0 unspecified atom stereocenters. The highest BCUT2D eigenvalue weighted by molar-refractivity contribution is 6.31. The summed E-state index contributed by atoms with van der Waals surface area (Å²) < 4.78 is 0. The number of carboxylic acids is 1. The van der Waals surface area contributed by atoms with Crippen LogP contribution in [0, 0.1) is 18.3 Å². The zero-order chi connectivity index (χ0) is 16.6. The molecule has 0 aromatic heterocycles. The maximum absolute atomic E-state index is 12.3. The zero-order valence-corrected chi connectivity index (χ0v) is 13.9. The fourth-order valence-electron chi connectivity index (χ4n) is 4.00. The lowest BCUT2D eigenvalue weighted by Gasteiger charge is -2.23. The molecule has 0 spiro atoms. The van der Waals surface area contributed by atoms with Crippen molar-refractivity contribution in [2.45, 2.75) is 26.2 Å². The number of benzene rings is 1. The van der Waals surface area contributed by atoms with E-state index in [2.05, 4.69) is 5.32 Å². The maximum Gasteiger partial charge on any atom is 0.311 e. The van der Waals surface area contributed by atoms with Crippen LogP contribution >= 0.6 is 11.6 Å². The molecular formula is C17H21ClN2O3. The van der Waals surface area contributed by atoms with Crippen LogP contribution in [-0.2, 0) is 9.59 Å². The molecule has 124 valence electrons. The van der Waals surface area contributed by atoms with E-state index in [1.807, 2.05) is 17.9 Å². The molecule has 2 atom stereocenters. The number of halogens is 1. The fourth-order valence-corrected chi connectivity index (χ4v) is 4.17. The standard InChI is InChI=1S/C17H21ClN2O3/c1-11-13(18)5-2-6-14(11)19-15(21)9-20-8-12-4-3-7-17(12,10-20)16(22)23/h2,5-6,12H,3-4,7-10H2,1H3,(H,19,21)(H,22,23)/t12-,17+/m0/s1. The first-order valence-corrected chi connectivity index (χ1v) is 8.31. The predicted molar refractivity (Wildman–Crippen MR) is 88.7 cm³/mol. The van der Waals surface area contributed by atoms with Gasteiger partial charge < -0.3 is 10.4 Å². The average Bonchev–Trinajstić information content (AvgIpc) is 3.01. The van der Waals surface area contributed by atoms with Gasteiger partial charge in [-0.15, -0.1) is 0 Å². The van der Waals surface area contributed by atoms with E-state index < -0.39 is 11.4 Å². The van der Waals surface area contributed by atoms with Gasteiger partial charge in [0.15, 0.2) is 0 Å². The second kappa shape index (κ2) is 6.13. The maximum atomic E-state index is 12.3. The second-order valence-corrected chi connectivity index (χ2v) is 7.09. The van der Waals surface area contributed by atoms with Crippen LogP contribution in [-0.4, -0.2) is 41.5 Å². The molecule has 23 heavy (non-hydrogen) atoms. The summed E-state index contributed by atoms with van der Waals surface area (Å²) >= 11 is 6.06. The number of fused-ring (bicyclic) bond motifs is 1. The number of carboxylic acid groups (broad SMARTS) is 1. The number of likely N-dealkylation sites (tertiary alicyclic amines) is 1. The monoisotopic (exact) mass is 336 g/mol. The Morgan fingerprint density at radius 2 is 2.26 bits per heavy atom. The van der Waals surface area contributed by atoms with Gasteiger partial charge in [-0.3, -0.25) is 14.5 Å². The molecule has 1 heterocycles. The van der Waals surface area contributed by atoms with Crippen molar-refractivity contribution >= 4 is 29.2 Å². The summed E-state index contributed by atoms with van der Waals surface area (Å²) in [5.74, 6) is -0.676. The Balaban J connectivity index is 1.63. The molecule has 2 N–H and O–H groups in total. The third-order valence-electron chi connectivity index (χ3n) is 5.28. The van der Waals surface area contributed by atoms with Crippen molar-refractivity contribution in [2.75, 3.05) is 25.0 Å². The Hall–Kier alpha value is -1.59. The normalized spacial score (nSPS) is 27.0. The molecule has 3 rings (SSSR count). The van der Waals surface area contributed by atoms with E-state index in [4.69, 9.17) is 11.6 Å². The summed E-state index contributed by atoms with van der Waals surface area (Å²) in [7, 11) is 0. The van der Waals surface area contributed by atoms with Gasteiger partial charge in [0.1, 0.15) is 0 Å². The van der Waals surface area contributed by atoms with Crippen LogP contribution in [0.1, 0.15) is 24.8 Å². The number of carbonyl (C=O) groups is 2. The van der Waals surface area contributed by atoms with Gasteiger partial charge in [0, 0.05) is 23.8 Å². The van der Waals surface area contributed by atoms with E-state index in [0.29, 0.717) is 23.8 Å². The number of hydrogen-bond acceptors (Lipinski definition) is 3. The summed E-state index contributed by atoms with van der Waals surface area (Å²) in [6.45, 7) is 3.23. The minimum Gasteiger partial charge on any atom is -0.481 e. The topological polar surface area (TPSA) is 69.6 Å². The van der Waals surface area contributed by atoms with Crippen molar-refractivity contribution in [1.82, 2.24) is 4.90 Å². The molecule has 5 nitrogen and oxygen atoms in total. The first kappa shape index (κ1) is 16.3. The van der Waals surface area contributed by atoms with Crippen LogP contribution in [0.25, 0.3) is 0 Å². The quantitative estimate of drug-likeness (QED) is 0.887. The van der Waals surface area contributed by atoms with Crippen LogP contribution < -0.4 is 5.32 Å². The van der Waals surface area contributed by atoms with Gasteiger partial charge in [-0.1, -0.05) is 24.1 Å². The van der Waals surface area contributed by atoms with E-state index in [1.165, 1.54) is 0 Å². The Labute approximate surface area is 140 Å². The third-order valence-corrected chi connectivity index (χ3v) is 5.69. The van der Waals surface area contributed by atoms with Crippen LogP contribution in [0.15, 0.2) is 18.2 Å². The van der Waals surface area contributed by atoms with Crippen molar-refractivity contribution in [3.05, 3.63) is 28.8 Å². The number of amides is 1. The lowest BCUT2D eigenvalue weighted by atomic mass is 9.81.